The first-order valence-corrected chi connectivity index (χ1v) is 8.80. The minimum Gasteiger partial charge on any atom is -0.342 e. The molecule has 0 radical (unpaired) electrons. The smallest absolute Gasteiger partial charge is 0.225 e. The molecule has 1 aliphatic heterocycles. The summed E-state index contributed by atoms with van der Waals surface area (Å²) in [5.74, 6) is 1.89. The van der Waals surface area contributed by atoms with Gasteiger partial charge in [-0.05, 0) is 31.6 Å². The monoisotopic (exact) mass is 292 g/mol. The first kappa shape index (κ1) is 14.1. The highest BCUT2D eigenvalue weighted by molar-refractivity contribution is 7.09. The molecular weight excluding hydrogens is 268 g/mol. The summed E-state index contributed by atoms with van der Waals surface area (Å²) < 4.78 is 0. The molecule has 1 aromatic rings. The van der Waals surface area contributed by atoms with Gasteiger partial charge in [0.25, 0.3) is 0 Å². The zero-order chi connectivity index (χ0) is 13.9. The first-order chi connectivity index (χ1) is 9.74. The maximum absolute atomic E-state index is 12.7. The molecule has 1 saturated heterocycles. The Balaban J connectivity index is 1.63. The number of likely N-dealkylation sites (tertiary alicyclic amines) is 1. The summed E-state index contributed by atoms with van der Waals surface area (Å²) in [5.41, 5.74) is 0. The normalized spacial score (nSPS) is 31.2. The molecule has 3 atom stereocenters. The van der Waals surface area contributed by atoms with Gasteiger partial charge in [-0.3, -0.25) is 4.79 Å². The molecule has 4 heteroatoms. The molecule has 0 bridgehead atoms. The third kappa shape index (κ3) is 3.05. The molecule has 20 heavy (non-hydrogen) atoms. The number of nitrogens with zero attached hydrogens (tertiary/aromatic N) is 2. The Bertz CT molecular complexity index is 445. The van der Waals surface area contributed by atoms with Crippen molar-refractivity contribution in [2.75, 3.05) is 13.1 Å². The Morgan fingerprint density at radius 1 is 1.35 bits per heavy atom. The average Bonchev–Trinajstić information content (AvgIpc) is 3.01. The van der Waals surface area contributed by atoms with Crippen molar-refractivity contribution in [1.82, 2.24) is 9.88 Å². The minimum atomic E-state index is 0.286. The molecule has 2 fully saturated rings. The average molecular weight is 292 g/mol. The van der Waals surface area contributed by atoms with Gasteiger partial charge in [-0.1, -0.05) is 19.8 Å². The van der Waals surface area contributed by atoms with Crippen LogP contribution in [0.5, 0.6) is 0 Å². The second-order valence-electron chi connectivity index (χ2n) is 6.46. The molecular formula is C16H24N2OS. The summed E-state index contributed by atoms with van der Waals surface area (Å²) in [5, 5.41) is 3.25. The zero-order valence-electron chi connectivity index (χ0n) is 12.3. The maximum atomic E-state index is 12.7. The van der Waals surface area contributed by atoms with Crippen LogP contribution in [-0.4, -0.2) is 28.9 Å². The topological polar surface area (TPSA) is 33.2 Å². The van der Waals surface area contributed by atoms with E-state index in [1.54, 1.807) is 11.3 Å². The lowest BCUT2D eigenvalue weighted by Gasteiger charge is -2.36. The van der Waals surface area contributed by atoms with Crippen molar-refractivity contribution in [1.29, 1.82) is 0 Å². The van der Waals surface area contributed by atoms with E-state index in [-0.39, 0.29) is 5.92 Å². The summed E-state index contributed by atoms with van der Waals surface area (Å²) >= 11 is 1.73. The number of carbonyl (C=O) groups excluding carboxylic acids is 1. The van der Waals surface area contributed by atoms with Crippen LogP contribution in [0.2, 0.25) is 0 Å². The summed E-state index contributed by atoms with van der Waals surface area (Å²) in [6, 6.07) is 0. The molecule has 3 unspecified atom stereocenters. The number of piperidine rings is 1. The van der Waals surface area contributed by atoms with Crippen LogP contribution in [0.4, 0.5) is 0 Å². The molecule has 3 rings (SSSR count). The van der Waals surface area contributed by atoms with Crippen molar-refractivity contribution in [3.8, 4) is 0 Å². The predicted octanol–water partition coefficient (Wildman–Crippen LogP) is 3.68. The molecule has 3 nitrogen and oxygen atoms in total. The van der Waals surface area contributed by atoms with Crippen LogP contribution in [0, 0.1) is 11.8 Å². The first-order valence-electron chi connectivity index (χ1n) is 7.92. The molecule has 1 amide bonds. The van der Waals surface area contributed by atoms with Crippen LogP contribution in [-0.2, 0) is 4.79 Å². The third-order valence-corrected chi connectivity index (χ3v) is 5.76. The van der Waals surface area contributed by atoms with Crippen molar-refractivity contribution < 1.29 is 4.79 Å². The molecule has 1 aromatic heterocycles. The van der Waals surface area contributed by atoms with E-state index >= 15 is 0 Å². The van der Waals surface area contributed by atoms with Crippen molar-refractivity contribution in [3.05, 3.63) is 16.6 Å². The van der Waals surface area contributed by atoms with Crippen LogP contribution < -0.4 is 0 Å². The predicted molar refractivity (Wildman–Crippen MR) is 81.8 cm³/mol. The van der Waals surface area contributed by atoms with Crippen LogP contribution in [0.1, 0.15) is 56.4 Å². The van der Waals surface area contributed by atoms with E-state index in [1.165, 1.54) is 24.3 Å². The van der Waals surface area contributed by atoms with E-state index in [9.17, 15) is 4.79 Å². The van der Waals surface area contributed by atoms with Crippen molar-refractivity contribution in [2.45, 2.75) is 51.4 Å². The SMILES string of the molecule is CC1CCCC(C(=O)N2CCCC(c3nccs3)C2)C1. The van der Waals surface area contributed by atoms with Crippen molar-refractivity contribution in [2.24, 2.45) is 11.8 Å². The number of hydrogen-bond acceptors (Lipinski definition) is 3. The van der Waals surface area contributed by atoms with Crippen LogP contribution in [0.3, 0.4) is 0 Å². The van der Waals surface area contributed by atoms with Gasteiger partial charge in [0, 0.05) is 36.5 Å². The van der Waals surface area contributed by atoms with E-state index < -0.39 is 0 Å². The molecule has 1 saturated carbocycles. The fourth-order valence-electron chi connectivity index (χ4n) is 3.73. The van der Waals surface area contributed by atoms with Gasteiger partial charge in [0.1, 0.15) is 0 Å². The highest BCUT2D eigenvalue weighted by Gasteiger charge is 2.32. The summed E-state index contributed by atoms with van der Waals surface area (Å²) in [4.78, 5) is 19.3. The Kier molecular flexibility index (Phi) is 4.39. The van der Waals surface area contributed by atoms with Crippen molar-refractivity contribution in [3.63, 3.8) is 0 Å². The van der Waals surface area contributed by atoms with Gasteiger partial charge in [-0.2, -0.15) is 0 Å². The Morgan fingerprint density at radius 2 is 2.25 bits per heavy atom. The largest absolute Gasteiger partial charge is 0.342 e. The molecule has 1 aliphatic carbocycles. The number of rotatable bonds is 2. The Labute approximate surface area is 125 Å². The molecule has 2 heterocycles. The van der Waals surface area contributed by atoms with Crippen LogP contribution in [0.25, 0.3) is 0 Å². The number of carbonyl (C=O) groups is 1. The molecule has 2 aliphatic rings. The third-order valence-electron chi connectivity index (χ3n) is 4.82. The van der Waals surface area contributed by atoms with E-state index in [0.717, 1.165) is 38.3 Å². The van der Waals surface area contributed by atoms with Gasteiger partial charge < -0.3 is 4.90 Å². The van der Waals surface area contributed by atoms with Gasteiger partial charge in [-0.25, -0.2) is 4.98 Å². The number of aromatic nitrogens is 1. The van der Waals surface area contributed by atoms with Gasteiger partial charge >= 0.3 is 0 Å². The number of amides is 1. The molecule has 110 valence electrons. The Hall–Kier alpha value is -0.900. The molecule has 0 spiro atoms. The molecule has 0 N–H and O–H groups in total. The summed E-state index contributed by atoms with van der Waals surface area (Å²) in [7, 11) is 0. The lowest BCUT2D eigenvalue weighted by atomic mass is 9.81. The summed E-state index contributed by atoms with van der Waals surface area (Å²) in [6.45, 7) is 4.12. The fraction of sp³-hybridized carbons (Fsp3) is 0.750. The van der Waals surface area contributed by atoms with Gasteiger partial charge in [0.15, 0.2) is 0 Å². The van der Waals surface area contributed by atoms with E-state index in [1.807, 2.05) is 11.6 Å². The summed E-state index contributed by atoms with van der Waals surface area (Å²) in [6.07, 6.45) is 8.89. The lowest BCUT2D eigenvalue weighted by molar-refractivity contribution is -0.138. The second kappa shape index (κ2) is 6.25. The van der Waals surface area contributed by atoms with Gasteiger partial charge in [0.05, 0.1) is 5.01 Å². The minimum absolute atomic E-state index is 0.286. The Morgan fingerprint density at radius 3 is 3.00 bits per heavy atom. The number of hydrogen-bond donors (Lipinski definition) is 0. The lowest BCUT2D eigenvalue weighted by Crippen LogP contribution is -2.43. The fourth-order valence-corrected chi connectivity index (χ4v) is 4.50. The highest BCUT2D eigenvalue weighted by atomic mass is 32.1. The standard InChI is InChI=1S/C16H24N2OS/c1-12-4-2-5-13(10-12)16(19)18-8-3-6-14(11-18)15-17-7-9-20-15/h7,9,12-14H,2-6,8,10-11H2,1H3. The van der Waals surface area contributed by atoms with Crippen molar-refractivity contribution >= 4 is 17.2 Å². The zero-order valence-corrected chi connectivity index (χ0v) is 13.1. The van der Waals surface area contributed by atoms with Gasteiger partial charge in [0.2, 0.25) is 5.91 Å². The quantitative estimate of drug-likeness (QED) is 0.833. The molecule has 0 aromatic carbocycles. The number of thiazole rings is 1. The van der Waals surface area contributed by atoms with Gasteiger partial charge in [-0.15, -0.1) is 11.3 Å². The second-order valence-corrected chi connectivity index (χ2v) is 7.39. The van der Waals surface area contributed by atoms with Crippen LogP contribution in [0.15, 0.2) is 11.6 Å². The van der Waals surface area contributed by atoms with E-state index in [2.05, 4.69) is 16.8 Å². The maximum Gasteiger partial charge on any atom is 0.225 e. The van der Waals surface area contributed by atoms with E-state index in [4.69, 9.17) is 0 Å². The highest BCUT2D eigenvalue weighted by Crippen LogP contribution is 2.33. The van der Waals surface area contributed by atoms with E-state index in [0.29, 0.717) is 11.8 Å². The van der Waals surface area contributed by atoms with Crippen LogP contribution >= 0.6 is 11.3 Å².